The van der Waals surface area contributed by atoms with Gasteiger partial charge in [-0.15, -0.1) is 0 Å². The summed E-state index contributed by atoms with van der Waals surface area (Å²) in [6, 6.07) is 6.31. The molecule has 0 fully saturated rings. The number of hydrogen-bond donors (Lipinski definition) is 0. The van der Waals surface area contributed by atoms with Gasteiger partial charge in [-0.2, -0.15) is 0 Å². The van der Waals surface area contributed by atoms with Crippen LogP contribution in [-0.4, -0.2) is 30.7 Å². The molecule has 0 aromatic carbocycles. The third-order valence-corrected chi connectivity index (χ3v) is 10.5. The fourth-order valence-electron chi connectivity index (χ4n) is 6.86. The summed E-state index contributed by atoms with van der Waals surface area (Å²) in [4.78, 5) is 0. The molecule has 1 heterocycles. The molecule has 0 aliphatic heterocycles. The number of quaternary nitrogens is 1. The highest BCUT2D eigenvalue weighted by atomic mass is 79.9. The second-order valence-corrected chi connectivity index (χ2v) is 14.3. The number of pyridine rings is 1. The van der Waals surface area contributed by atoms with Gasteiger partial charge in [0.25, 0.3) is 0 Å². The first-order valence-electron chi connectivity index (χ1n) is 21.0. The van der Waals surface area contributed by atoms with Crippen LogP contribution >= 0.6 is 0 Å². The predicted molar refractivity (Wildman–Crippen MR) is 204 cm³/mol. The smallest absolute Gasteiger partial charge is 0.168 e. The number of hydrogen-bond acceptors (Lipinski definition) is 0. The van der Waals surface area contributed by atoms with Crippen LogP contribution in [0.15, 0.2) is 30.6 Å². The zero-order valence-electron chi connectivity index (χ0n) is 32.9. The first-order valence-corrected chi connectivity index (χ1v) is 21.0. The molecule has 1 aromatic heterocycles. The van der Waals surface area contributed by atoms with E-state index in [2.05, 4.69) is 69.8 Å². The lowest BCUT2D eigenvalue weighted by Crippen LogP contribution is -3.00. The van der Waals surface area contributed by atoms with Gasteiger partial charge >= 0.3 is 0 Å². The van der Waals surface area contributed by atoms with Crippen molar-refractivity contribution in [3.8, 4) is 0 Å². The molecule has 0 radical (unpaired) electrons. The number of aromatic nitrogens is 1. The zero-order valence-corrected chi connectivity index (χ0v) is 35.2. The van der Waals surface area contributed by atoms with E-state index < -0.39 is 0 Å². The highest BCUT2D eigenvalue weighted by Crippen LogP contribution is 2.15. The molecule has 1 aromatic rings. The van der Waals surface area contributed by atoms with Crippen molar-refractivity contribution in [1.29, 1.82) is 0 Å². The summed E-state index contributed by atoms with van der Waals surface area (Å²) in [5.41, 5.74) is 0. The minimum absolute atomic E-state index is 0. The Bertz CT molecular complexity index is 659. The maximum atomic E-state index is 2.36. The molecule has 0 saturated heterocycles. The average molecular weight is 747 g/mol. The summed E-state index contributed by atoms with van der Waals surface area (Å²) in [5, 5.41) is 0. The topological polar surface area (TPSA) is 3.88 Å². The molecule has 2 nitrogen and oxygen atoms in total. The first kappa shape index (κ1) is 51.3. The number of aryl methyl sites for hydroxylation is 1. The van der Waals surface area contributed by atoms with E-state index in [1.54, 1.807) is 0 Å². The lowest BCUT2D eigenvalue weighted by molar-refractivity contribution is -0.923. The van der Waals surface area contributed by atoms with Gasteiger partial charge in [0.15, 0.2) is 12.4 Å². The second kappa shape index (κ2) is 42.0. The van der Waals surface area contributed by atoms with Gasteiger partial charge in [-0.25, -0.2) is 4.57 Å². The zero-order chi connectivity index (χ0) is 32.9. The Balaban J connectivity index is -0.000000791. The summed E-state index contributed by atoms with van der Waals surface area (Å²) in [6.07, 6.45) is 44.9. The summed E-state index contributed by atoms with van der Waals surface area (Å²) in [7, 11) is 0. The van der Waals surface area contributed by atoms with E-state index >= 15 is 0 Å². The second-order valence-electron chi connectivity index (χ2n) is 14.3. The van der Waals surface area contributed by atoms with E-state index in [-0.39, 0.29) is 29.4 Å². The number of rotatable bonds is 33. The molecule has 0 saturated carbocycles. The molecule has 0 aliphatic carbocycles. The van der Waals surface area contributed by atoms with Crippen LogP contribution in [-0.2, 0) is 6.54 Å². The van der Waals surface area contributed by atoms with Crippen LogP contribution in [0.1, 0.15) is 214 Å². The van der Waals surface area contributed by atoms with Crippen molar-refractivity contribution in [3.05, 3.63) is 30.6 Å². The van der Waals surface area contributed by atoms with Crippen molar-refractivity contribution in [2.45, 2.75) is 221 Å². The molecule has 47 heavy (non-hydrogen) atoms. The molecular formula is C43H86BrClN2. The van der Waals surface area contributed by atoms with Crippen LogP contribution in [0.3, 0.4) is 0 Å². The molecule has 0 aliphatic rings. The number of halogens is 2. The van der Waals surface area contributed by atoms with E-state index in [4.69, 9.17) is 0 Å². The van der Waals surface area contributed by atoms with Crippen LogP contribution in [0.25, 0.3) is 0 Å². The van der Waals surface area contributed by atoms with E-state index in [0.29, 0.717) is 0 Å². The van der Waals surface area contributed by atoms with Crippen molar-refractivity contribution in [1.82, 2.24) is 0 Å². The van der Waals surface area contributed by atoms with Gasteiger partial charge in [0.05, 0.1) is 26.2 Å². The van der Waals surface area contributed by atoms with Crippen LogP contribution in [0.4, 0.5) is 0 Å². The molecule has 0 unspecified atom stereocenters. The molecular weight excluding hydrogens is 660 g/mol. The summed E-state index contributed by atoms with van der Waals surface area (Å²) < 4.78 is 3.62. The third-order valence-electron chi connectivity index (χ3n) is 10.5. The molecule has 0 N–H and O–H groups in total. The molecule has 0 bridgehead atoms. The molecule has 0 spiro atoms. The van der Waals surface area contributed by atoms with Crippen molar-refractivity contribution in [3.63, 3.8) is 0 Å². The molecule has 0 atom stereocenters. The van der Waals surface area contributed by atoms with Crippen molar-refractivity contribution < 1.29 is 38.4 Å². The van der Waals surface area contributed by atoms with Crippen molar-refractivity contribution in [2.24, 2.45) is 0 Å². The monoisotopic (exact) mass is 745 g/mol. The highest BCUT2D eigenvalue weighted by molar-refractivity contribution is 4.83. The third kappa shape index (κ3) is 35.5. The van der Waals surface area contributed by atoms with Crippen LogP contribution in [0.5, 0.6) is 0 Å². The van der Waals surface area contributed by atoms with E-state index in [9.17, 15) is 0 Å². The van der Waals surface area contributed by atoms with Gasteiger partial charge in [0, 0.05) is 18.6 Å². The van der Waals surface area contributed by atoms with Gasteiger partial charge < -0.3 is 33.9 Å². The van der Waals surface area contributed by atoms with Crippen molar-refractivity contribution >= 4 is 0 Å². The van der Waals surface area contributed by atoms with Crippen molar-refractivity contribution in [2.75, 3.05) is 26.2 Å². The molecule has 282 valence electrons. The average Bonchev–Trinajstić information content (AvgIpc) is 3.08. The van der Waals surface area contributed by atoms with E-state index in [0.717, 1.165) is 0 Å². The Kier molecular flexibility index (Phi) is 45.9. The molecule has 1 rings (SSSR count). The predicted octanol–water partition coefficient (Wildman–Crippen LogP) is 7.81. The standard InChI is InChI=1S/C22H48N.C21H38N.BrH.ClH/c1-5-9-10-11-12-13-14-15-16-17-18-19-20-21-22-23(6-2,7-3)8-4;1-2-3-4-5-6-7-8-9-10-11-12-13-14-16-19-22-20-17-15-18-21-22;;/h5-22H2,1-4H3;15,17-18,20-21H,2-14,16,19H2,1H3;2*1H/q2*+1;;/p-2. The Labute approximate surface area is 314 Å². The fraction of sp³-hybridized carbons (Fsp3) is 0.884. The lowest BCUT2D eigenvalue weighted by atomic mass is 10.0. The summed E-state index contributed by atoms with van der Waals surface area (Å²) in [5.74, 6) is 0. The fourth-order valence-corrected chi connectivity index (χ4v) is 6.86. The maximum Gasteiger partial charge on any atom is 0.168 e. The van der Waals surface area contributed by atoms with Crippen LogP contribution < -0.4 is 34.0 Å². The minimum Gasteiger partial charge on any atom is -1.00 e. The van der Waals surface area contributed by atoms with Crippen LogP contribution in [0.2, 0.25) is 0 Å². The SMILES string of the molecule is CCCCCCCCCCCCCCCC[N+](CC)(CC)CC.CCCCCCCCCCCCCCCC[n+]1ccccc1.[Br-].[Cl-]. The maximum absolute atomic E-state index is 2.36. The highest BCUT2D eigenvalue weighted by Gasteiger charge is 2.19. The van der Waals surface area contributed by atoms with Gasteiger partial charge in [0.1, 0.15) is 6.54 Å². The Morgan fingerprint density at radius 3 is 0.936 bits per heavy atom. The molecule has 0 amide bonds. The van der Waals surface area contributed by atoms with Gasteiger partial charge in [0.2, 0.25) is 0 Å². The minimum atomic E-state index is 0. The first-order chi connectivity index (χ1) is 22.2. The Morgan fingerprint density at radius 1 is 0.362 bits per heavy atom. The summed E-state index contributed by atoms with van der Waals surface area (Å²) >= 11 is 0. The van der Waals surface area contributed by atoms with E-state index in [1.807, 2.05) is 0 Å². The normalized spacial score (nSPS) is 11.0. The van der Waals surface area contributed by atoms with Gasteiger partial charge in [-0.05, 0) is 40.0 Å². The summed E-state index contributed by atoms with van der Waals surface area (Å²) in [6.45, 7) is 18.2. The Morgan fingerprint density at radius 2 is 0.638 bits per heavy atom. The van der Waals surface area contributed by atoms with Gasteiger partial charge in [-0.3, -0.25) is 0 Å². The molecule has 4 heteroatoms. The number of nitrogens with zero attached hydrogens (tertiary/aromatic N) is 2. The largest absolute Gasteiger partial charge is 1.00 e. The lowest BCUT2D eigenvalue weighted by Gasteiger charge is -2.35. The van der Waals surface area contributed by atoms with Crippen LogP contribution in [0, 0.1) is 0 Å². The number of unbranched alkanes of at least 4 members (excludes halogenated alkanes) is 26. The van der Waals surface area contributed by atoms with E-state index in [1.165, 1.54) is 217 Å². The quantitative estimate of drug-likeness (QED) is 0.0393. The Hall–Kier alpha value is -0.120. The van der Waals surface area contributed by atoms with Gasteiger partial charge in [-0.1, -0.05) is 174 Å².